The second kappa shape index (κ2) is 2.80. The van der Waals surface area contributed by atoms with Gasteiger partial charge in [-0.05, 0) is 11.6 Å². The Kier molecular flexibility index (Phi) is 1.50. The van der Waals surface area contributed by atoms with Gasteiger partial charge in [-0.1, -0.05) is 18.2 Å². The largest absolute Gasteiger partial charge is 0.338 e. The number of hydrogen-bond acceptors (Lipinski definition) is 3. The lowest BCUT2D eigenvalue weighted by atomic mass is 10.0. The van der Waals surface area contributed by atoms with Crippen molar-refractivity contribution in [2.75, 3.05) is 5.32 Å². The van der Waals surface area contributed by atoms with E-state index >= 15 is 0 Å². The molecule has 1 aliphatic heterocycles. The van der Waals surface area contributed by atoms with E-state index in [1.54, 1.807) is 12.4 Å². The Balaban J connectivity index is 2.12. The van der Waals surface area contributed by atoms with Crippen LogP contribution in [0, 0.1) is 0 Å². The van der Waals surface area contributed by atoms with Crippen molar-refractivity contribution in [3.05, 3.63) is 47.9 Å². The first-order valence-electron chi connectivity index (χ1n) is 4.58. The van der Waals surface area contributed by atoms with E-state index in [9.17, 15) is 0 Å². The zero-order chi connectivity index (χ0) is 9.38. The number of benzene rings is 1. The monoisotopic (exact) mass is 183 g/mol. The molecule has 1 N–H and O–H groups in total. The number of fused-ring (bicyclic) bond motifs is 2. The maximum Gasteiger partial charge on any atom is 0.152 e. The third-order valence-corrected chi connectivity index (χ3v) is 2.40. The van der Waals surface area contributed by atoms with Crippen molar-refractivity contribution in [3.8, 4) is 0 Å². The number of anilines is 2. The fraction of sp³-hybridized carbons (Fsp3) is 0.0909. The highest BCUT2D eigenvalue weighted by atomic mass is 15.0. The molecule has 68 valence electrons. The fourth-order valence-corrected chi connectivity index (χ4v) is 1.70. The zero-order valence-electron chi connectivity index (χ0n) is 7.57. The fourth-order valence-electron chi connectivity index (χ4n) is 1.70. The van der Waals surface area contributed by atoms with Crippen LogP contribution in [0.4, 0.5) is 11.5 Å². The molecule has 0 saturated heterocycles. The molecule has 3 nitrogen and oxygen atoms in total. The van der Waals surface area contributed by atoms with Crippen molar-refractivity contribution in [1.29, 1.82) is 0 Å². The third kappa shape index (κ3) is 1.06. The maximum atomic E-state index is 4.29. The molecule has 0 bridgehead atoms. The van der Waals surface area contributed by atoms with Crippen molar-refractivity contribution in [3.63, 3.8) is 0 Å². The van der Waals surface area contributed by atoms with Gasteiger partial charge in [0.25, 0.3) is 0 Å². The first-order chi connectivity index (χ1) is 6.93. The smallest absolute Gasteiger partial charge is 0.152 e. The molecule has 1 aromatic carbocycles. The van der Waals surface area contributed by atoms with E-state index in [1.807, 2.05) is 12.1 Å². The van der Waals surface area contributed by atoms with E-state index in [1.165, 1.54) is 5.56 Å². The summed E-state index contributed by atoms with van der Waals surface area (Å²) < 4.78 is 0. The van der Waals surface area contributed by atoms with Crippen molar-refractivity contribution in [2.24, 2.45) is 0 Å². The van der Waals surface area contributed by atoms with Gasteiger partial charge in [0.2, 0.25) is 0 Å². The third-order valence-electron chi connectivity index (χ3n) is 2.40. The Bertz CT molecular complexity index is 392. The molecule has 0 fully saturated rings. The summed E-state index contributed by atoms with van der Waals surface area (Å²) in [5.41, 5.74) is 3.44. The number of rotatable bonds is 0. The second-order valence-electron chi connectivity index (χ2n) is 3.31. The summed E-state index contributed by atoms with van der Waals surface area (Å²) in [5.74, 6) is 0.881. The van der Waals surface area contributed by atoms with Gasteiger partial charge >= 0.3 is 0 Å². The molecule has 0 atom stereocenters. The summed E-state index contributed by atoms with van der Waals surface area (Å²) in [6, 6.07) is 8.24. The molecule has 0 unspecified atom stereocenters. The lowest BCUT2D eigenvalue weighted by Crippen LogP contribution is -2.09. The van der Waals surface area contributed by atoms with Gasteiger partial charge in [0.05, 0.1) is 5.69 Å². The van der Waals surface area contributed by atoms with Gasteiger partial charge in [-0.3, -0.25) is 4.98 Å². The van der Waals surface area contributed by atoms with E-state index in [-0.39, 0.29) is 0 Å². The Hall–Kier alpha value is -1.90. The average molecular weight is 183 g/mol. The van der Waals surface area contributed by atoms with Crippen LogP contribution in [0.5, 0.6) is 0 Å². The molecule has 0 radical (unpaired) electrons. The van der Waals surface area contributed by atoms with Crippen molar-refractivity contribution in [2.45, 2.75) is 6.42 Å². The van der Waals surface area contributed by atoms with Crippen LogP contribution in [-0.2, 0) is 6.42 Å². The summed E-state index contributed by atoms with van der Waals surface area (Å²) in [6.45, 7) is 0. The number of nitrogens with zero attached hydrogens (tertiary/aromatic N) is 2. The highest BCUT2D eigenvalue weighted by Gasteiger charge is 2.14. The summed E-state index contributed by atoms with van der Waals surface area (Å²) in [7, 11) is 0. The SMILES string of the molecule is c1ccc2c(c1)Cc1nccnc1N2. The van der Waals surface area contributed by atoms with Gasteiger partial charge in [0.1, 0.15) is 0 Å². The molecular formula is C11H9N3. The van der Waals surface area contributed by atoms with Crippen molar-refractivity contribution in [1.82, 2.24) is 9.97 Å². The molecule has 2 aromatic rings. The predicted octanol–water partition coefficient (Wildman–Crippen LogP) is 2.12. The van der Waals surface area contributed by atoms with E-state index in [2.05, 4.69) is 27.4 Å². The molecule has 0 amide bonds. The highest BCUT2D eigenvalue weighted by Crippen LogP contribution is 2.29. The Morgan fingerprint density at radius 1 is 1.07 bits per heavy atom. The first kappa shape index (κ1) is 7.50. The van der Waals surface area contributed by atoms with Crippen LogP contribution in [0.3, 0.4) is 0 Å². The molecule has 1 aromatic heterocycles. The standard InChI is InChI=1S/C11H9N3/c1-2-4-9-8(3-1)7-10-11(14-9)13-6-5-12-10/h1-6H,7H2,(H,13,14). The van der Waals surface area contributed by atoms with Crippen LogP contribution < -0.4 is 5.32 Å². The van der Waals surface area contributed by atoms with Crippen molar-refractivity contribution >= 4 is 11.5 Å². The lowest BCUT2D eigenvalue weighted by Gasteiger charge is -2.18. The minimum absolute atomic E-state index is 0.867. The summed E-state index contributed by atoms with van der Waals surface area (Å²) >= 11 is 0. The van der Waals surface area contributed by atoms with Crippen LogP contribution in [-0.4, -0.2) is 9.97 Å². The number of hydrogen-bond donors (Lipinski definition) is 1. The summed E-state index contributed by atoms with van der Waals surface area (Å²) in [5, 5.41) is 3.27. The van der Waals surface area contributed by atoms with Gasteiger partial charge < -0.3 is 5.32 Å². The van der Waals surface area contributed by atoms with Gasteiger partial charge in [0.15, 0.2) is 5.82 Å². The first-order valence-corrected chi connectivity index (χ1v) is 4.58. The molecule has 0 aliphatic carbocycles. The molecule has 0 spiro atoms. The summed E-state index contributed by atoms with van der Waals surface area (Å²) in [6.07, 6.45) is 4.31. The van der Waals surface area contributed by atoms with Crippen LogP contribution in [0.1, 0.15) is 11.3 Å². The minimum atomic E-state index is 0.867. The van der Waals surface area contributed by atoms with Gasteiger partial charge in [-0.2, -0.15) is 0 Å². The summed E-state index contributed by atoms with van der Waals surface area (Å²) in [4.78, 5) is 8.54. The Morgan fingerprint density at radius 3 is 2.93 bits per heavy atom. The highest BCUT2D eigenvalue weighted by molar-refractivity contribution is 5.67. The zero-order valence-corrected chi connectivity index (χ0v) is 7.57. The van der Waals surface area contributed by atoms with Crippen LogP contribution in [0.15, 0.2) is 36.7 Å². The van der Waals surface area contributed by atoms with E-state index in [0.29, 0.717) is 0 Å². The molecule has 0 saturated carbocycles. The normalized spacial score (nSPS) is 12.6. The predicted molar refractivity (Wildman–Crippen MR) is 54.6 cm³/mol. The van der Waals surface area contributed by atoms with Gasteiger partial charge in [0, 0.05) is 24.5 Å². The maximum absolute atomic E-state index is 4.29. The molecule has 1 aliphatic rings. The number of para-hydroxylation sites is 1. The quantitative estimate of drug-likeness (QED) is 0.580. The Morgan fingerprint density at radius 2 is 1.93 bits per heavy atom. The molecular weight excluding hydrogens is 174 g/mol. The van der Waals surface area contributed by atoms with Crippen LogP contribution in [0.2, 0.25) is 0 Å². The van der Waals surface area contributed by atoms with E-state index in [4.69, 9.17) is 0 Å². The molecule has 3 heteroatoms. The Labute approximate surface area is 81.8 Å². The molecule has 3 rings (SSSR count). The van der Waals surface area contributed by atoms with Crippen LogP contribution >= 0.6 is 0 Å². The topological polar surface area (TPSA) is 37.8 Å². The minimum Gasteiger partial charge on any atom is -0.338 e. The molecule has 14 heavy (non-hydrogen) atoms. The number of aromatic nitrogens is 2. The second-order valence-corrected chi connectivity index (χ2v) is 3.31. The average Bonchev–Trinajstić information content (AvgIpc) is 2.26. The van der Waals surface area contributed by atoms with Crippen molar-refractivity contribution < 1.29 is 0 Å². The van der Waals surface area contributed by atoms with E-state index in [0.717, 1.165) is 23.6 Å². The van der Waals surface area contributed by atoms with Gasteiger partial charge in [-0.25, -0.2) is 4.98 Å². The van der Waals surface area contributed by atoms with E-state index < -0.39 is 0 Å². The lowest BCUT2D eigenvalue weighted by molar-refractivity contribution is 1.01. The van der Waals surface area contributed by atoms with Gasteiger partial charge in [-0.15, -0.1) is 0 Å². The van der Waals surface area contributed by atoms with Crippen LogP contribution in [0.25, 0.3) is 0 Å². The molecule has 2 heterocycles. The number of nitrogens with one attached hydrogen (secondary N) is 1.